The van der Waals surface area contributed by atoms with E-state index in [1.165, 1.54) is 0 Å². The van der Waals surface area contributed by atoms with Gasteiger partial charge in [0.2, 0.25) is 11.8 Å². The number of ether oxygens (including phenoxy) is 1. The number of hydrogen-bond acceptors (Lipinski definition) is 3. The predicted molar refractivity (Wildman–Crippen MR) is 103 cm³/mol. The highest BCUT2D eigenvalue weighted by atomic mass is 16.5. The SMILES string of the molecule is CCOc1ccc(CCC(=O)Nc2ccccc2N2CCCC2=O)cc1. The number of nitrogens with one attached hydrogen (secondary N) is 1. The fourth-order valence-electron chi connectivity index (χ4n) is 3.11. The van der Waals surface area contributed by atoms with E-state index in [-0.39, 0.29) is 11.8 Å². The molecule has 2 aromatic carbocycles. The summed E-state index contributed by atoms with van der Waals surface area (Å²) >= 11 is 0. The summed E-state index contributed by atoms with van der Waals surface area (Å²) in [5, 5.41) is 2.95. The van der Waals surface area contributed by atoms with Gasteiger partial charge in [-0.1, -0.05) is 24.3 Å². The third kappa shape index (κ3) is 4.42. The minimum Gasteiger partial charge on any atom is -0.494 e. The molecule has 1 fully saturated rings. The highest BCUT2D eigenvalue weighted by Crippen LogP contribution is 2.29. The summed E-state index contributed by atoms with van der Waals surface area (Å²) in [6.07, 6.45) is 2.47. The zero-order valence-corrected chi connectivity index (χ0v) is 15.0. The number of hydrogen-bond donors (Lipinski definition) is 1. The number of carbonyl (C=O) groups is 2. The number of nitrogens with zero attached hydrogens (tertiary/aromatic N) is 1. The lowest BCUT2D eigenvalue weighted by Crippen LogP contribution is -2.25. The lowest BCUT2D eigenvalue weighted by Gasteiger charge is -2.20. The molecule has 2 amide bonds. The number of rotatable bonds is 7. The average molecular weight is 352 g/mol. The zero-order valence-electron chi connectivity index (χ0n) is 15.0. The van der Waals surface area contributed by atoms with Crippen molar-refractivity contribution < 1.29 is 14.3 Å². The monoisotopic (exact) mass is 352 g/mol. The summed E-state index contributed by atoms with van der Waals surface area (Å²) in [7, 11) is 0. The van der Waals surface area contributed by atoms with Crippen molar-refractivity contribution in [1.29, 1.82) is 0 Å². The molecule has 26 heavy (non-hydrogen) atoms. The summed E-state index contributed by atoms with van der Waals surface area (Å²) in [6.45, 7) is 3.30. The molecule has 5 heteroatoms. The summed E-state index contributed by atoms with van der Waals surface area (Å²) in [4.78, 5) is 26.1. The summed E-state index contributed by atoms with van der Waals surface area (Å²) in [5.41, 5.74) is 2.57. The first-order valence-corrected chi connectivity index (χ1v) is 9.08. The van der Waals surface area contributed by atoms with Crippen LogP contribution in [0.15, 0.2) is 48.5 Å². The van der Waals surface area contributed by atoms with Gasteiger partial charge in [0, 0.05) is 19.4 Å². The van der Waals surface area contributed by atoms with Crippen LogP contribution >= 0.6 is 0 Å². The van der Waals surface area contributed by atoms with E-state index in [9.17, 15) is 9.59 Å². The Kier molecular flexibility index (Phi) is 5.89. The van der Waals surface area contributed by atoms with Crippen LogP contribution in [0.3, 0.4) is 0 Å². The van der Waals surface area contributed by atoms with Crippen molar-refractivity contribution in [2.75, 3.05) is 23.4 Å². The lowest BCUT2D eigenvalue weighted by molar-refractivity contribution is -0.117. The standard InChI is InChI=1S/C21H24N2O3/c1-2-26-17-12-9-16(10-13-17)11-14-20(24)22-18-6-3-4-7-19(18)23-15-5-8-21(23)25/h3-4,6-7,9-10,12-13H,2,5,8,11,14-15H2,1H3,(H,22,24). The van der Waals surface area contributed by atoms with E-state index in [1.807, 2.05) is 55.5 Å². The van der Waals surface area contributed by atoms with E-state index in [4.69, 9.17) is 4.74 Å². The Hall–Kier alpha value is -2.82. The Morgan fingerprint density at radius 3 is 2.62 bits per heavy atom. The normalized spacial score (nSPS) is 13.7. The van der Waals surface area contributed by atoms with E-state index < -0.39 is 0 Å². The minimum atomic E-state index is -0.0574. The van der Waals surface area contributed by atoms with Gasteiger partial charge in [-0.15, -0.1) is 0 Å². The van der Waals surface area contributed by atoms with E-state index in [1.54, 1.807) is 4.90 Å². The van der Waals surface area contributed by atoms with Gasteiger partial charge < -0.3 is 15.0 Å². The van der Waals surface area contributed by atoms with Gasteiger partial charge in [0.1, 0.15) is 5.75 Å². The van der Waals surface area contributed by atoms with Crippen molar-refractivity contribution in [2.45, 2.75) is 32.6 Å². The van der Waals surface area contributed by atoms with Crippen molar-refractivity contribution >= 4 is 23.2 Å². The maximum Gasteiger partial charge on any atom is 0.227 e. The summed E-state index contributed by atoms with van der Waals surface area (Å²) < 4.78 is 5.42. The fraction of sp³-hybridized carbons (Fsp3) is 0.333. The molecule has 1 aliphatic rings. The van der Waals surface area contributed by atoms with E-state index in [2.05, 4.69) is 5.32 Å². The lowest BCUT2D eigenvalue weighted by atomic mass is 10.1. The molecule has 0 saturated carbocycles. The molecule has 1 aliphatic heterocycles. The van der Waals surface area contributed by atoms with Crippen LogP contribution in [-0.2, 0) is 16.0 Å². The Bertz CT molecular complexity index is 771. The molecule has 0 radical (unpaired) electrons. The first-order chi connectivity index (χ1) is 12.7. The van der Waals surface area contributed by atoms with Crippen molar-refractivity contribution in [3.8, 4) is 5.75 Å². The second-order valence-electron chi connectivity index (χ2n) is 6.29. The van der Waals surface area contributed by atoms with Crippen LogP contribution < -0.4 is 15.0 Å². The fourth-order valence-corrected chi connectivity index (χ4v) is 3.11. The van der Waals surface area contributed by atoms with Crippen LogP contribution in [0.2, 0.25) is 0 Å². The molecule has 3 rings (SSSR count). The number of amides is 2. The number of carbonyl (C=O) groups excluding carboxylic acids is 2. The van der Waals surface area contributed by atoms with Crippen molar-refractivity contribution in [3.63, 3.8) is 0 Å². The second kappa shape index (κ2) is 8.52. The maximum atomic E-state index is 12.4. The first kappa shape index (κ1) is 18.0. The molecular formula is C21H24N2O3. The number of aryl methyl sites for hydroxylation is 1. The zero-order chi connectivity index (χ0) is 18.4. The highest BCUT2D eigenvalue weighted by molar-refractivity contribution is 6.02. The topological polar surface area (TPSA) is 58.6 Å². The van der Waals surface area contributed by atoms with Crippen LogP contribution in [-0.4, -0.2) is 25.0 Å². The summed E-state index contributed by atoms with van der Waals surface area (Å²) in [6, 6.07) is 15.3. The van der Waals surface area contributed by atoms with Crippen LogP contribution in [0.4, 0.5) is 11.4 Å². The molecule has 0 aromatic heterocycles. The van der Waals surface area contributed by atoms with Crippen LogP contribution in [0.1, 0.15) is 31.7 Å². The molecule has 0 bridgehead atoms. The largest absolute Gasteiger partial charge is 0.494 e. The molecule has 5 nitrogen and oxygen atoms in total. The van der Waals surface area contributed by atoms with Gasteiger partial charge in [-0.3, -0.25) is 9.59 Å². The number of anilines is 2. The molecule has 2 aromatic rings. The van der Waals surface area contributed by atoms with Gasteiger partial charge in [0.05, 0.1) is 18.0 Å². The Balaban J connectivity index is 1.59. The second-order valence-corrected chi connectivity index (χ2v) is 6.29. The first-order valence-electron chi connectivity index (χ1n) is 9.08. The molecule has 136 valence electrons. The Morgan fingerprint density at radius 2 is 1.92 bits per heavy atom. The van der Waals surface area contributed by atoms with Gasteiger partial charge >= 0.3 is 0 Å². The molecule has 1 N–H and O–H groups in total. The average Bonchev–Trinajstić information content (AvgIpc) is 3.08. The van der Waals surface area contributed by atoms with Gasteiger partial charge in [-0.05, 0) is 49.6 Å². The minimum absolute atomic E-state index is 0.0574. The number of benzene rings is 2. The van der Waals surface area contributed by atoms with Gasteiger partial charge in [-0.2, -0.15) is 0 Å². The Morgan fingerprint density at radius 1 is 1.15 bits per heavy atom. The van der Waals surface area contributed by atoms with Crippen LogP contribution in [0, 0.1) is 0 Å². The molecule has 1 heterocycles. The molecule has 0 atom stereocenters. The van der Waals surface area contributed by atoms with E-state index >= 15 is 0 Å². The van der Waals surface area contributed by atoms with Crippen LogP contribution in [0.5, 0.6) is 5.75 Å². The van der Waals surface area contributed by atoms with E-state index in [0.29, 0.717) is 38.1 Å². The molecule has 0 spiro atoms. The van der Waals surface area contributed by atoms with Crippen molar-refractivity contribution in [3.05, 3.63) is 54.1 Å². The molecule has 1 saturated heterocycles. The predicted octanol–water partition coefficient (Wildman–Crippen LogP) is 3.78. The van der Waals surface area contributed by atoms with Crippen LogP contribution in [0.25, 0.3) is 0 Å². The molecular weight excluding hydrogens is 328 g/mol. The van der Waals surface area contributed by atoms with Crippen molar-refractivity contribution in [2.24, 2.45) is 0 Å². The third-order valence-corrected chi connectivity index (χ3v) is 4.42. The van der Waals surface area contributed by atoms with Gasteiger partial charge in [0.15, 0.2) is 0 Å². The third-order valence-electron chi connectivity index (χ3n) is 4.42. The van der Waals surface area contributed by atoms with E-state index in [0.717, 1.165) is 23.4 Å². The Labute approximate surface area is 154 Å². The van der Waals surface area contributed by atoms with Gasteiger partial charge in [0.25, 0.3) is 0 Å². The molecule has 0 unspecified atom stereocenters. The summed E-state index contributed by atoms with van der Waals surface area (Å²) in [5.74, 6) is 0.893. The smallest absolute Gasteiger partial charge is 0.227 e. The maximum absolute atomic E-state index is 12.4. The quantitative estimate of drug-likeness (QED) is 0.825. The molecule has 0 aliphatic carbocycles. The number of para-hydroxylation sites is 2. The van der Waals surface area contributed by atoms with Crippen molar-refractivity contribution in [1.82, 2.24) is 0 Å². The van der Waals surface area contributed by atoms with Gasteiger partial charge in [-0.25, -0.2) is 0 Å². The highest BCUT2D eigenvalue weighted by Gasteiger charge is 2.24.